The van der Waals surface area contributed by atoms with Crippen molar-refractivity contribution in [2.45, 2.75) is 0 Å². The lowest BCUT2D eigenvalue weighted by molar-refractivity contribution is 0.174. The molecule has 22 heavy (non-hydrogen) atoms. The van der Waals surface area contributed by atoms with E-state index < -0.39 is 0 Å². The van der Waals surface area contributed by atoms with Gasteiger partial charge in [-0.05, 0) is 6.07 Å². The van der Waals surface area contributed by atoms with Crippen LogP contribution >= 0.6 is 23.1 Å². The maximum absolute atomic E-state index is 5.82. The van der Waals surface area contributed by atoms with Gasteiger partial charge in [-0.2, -0.15) is 8.75 Å². The molecule has 3 aromatic heterocycles. The van der Waals surface area contributed by atoms with Crippen LogP contribution in [0.15, 0.2) is 23.8 Å². The zero-order valence-electron chi connectivity index (χ0n) is 11.1. The first kappa shape index (κ1) is 12.2. The Kier molecular flexibility index (Phi) is 2.55. The van der Waals surface area contributed by atoms with Gasteiger partial charge < -0.3 is 9.47 Å². The van der Waals surface area contributed by atoms with Crippen LogP contribution in [0.2, 0.25) is 0 Å². The summed E-state index contributed by atoms with van der Waals surface area (Å²) in [5.74, 6) is 1.55. The van der Waals surface area contributed by atoms with Gasteiger partial charge in [0.05, 0.1) is 33.2 Å². The monoisotopic (exact) mass is 328 g/mol. The molecule has 0 saturated carbocycles. The molecule has 1 aromatic carbocycles. The topological polar surface area (TPSA) is 70.0 Å². The summed E-state index contributed by atoms with van der Waals surface area (Å²) in [4.78, 5) is 9.87. The van der Waals surface area contributed by atoms with Crippen LogP contribution in [0.25, 0.3) is 32.5 Å². The van der Waals surface area contributed by atoms with Crippen molar-refractivity contribution >= 4 is 45.1 Å². The Morgan fingerprint density at radius 2 is 1.86 bits per heavy atom. The van der Waals surface area contributed by atoms with Gasteiger partial charge in [-0.1, -0.05) is 0 Å². The van der Waals surface area contributed by atoms with E-state index in [4.69, 9.17) is 9.47 Å². The number of rotatable bonds is 1. The van der Waals surface area contributed by atoms with Gasteiger partial charge in [-0.15, -0.1) is 11.3 Å². The number of thiophene rings is 1. The van der Waals surface area contributed by atoms with Crippen LogP contribution in [0.1, 0.15) is 0 Å². The third-order valence-electron chi connectivity index (χ3n) is 3.52. The summed E-state index contributed by atoms with van der Waals surface area (Å²) in [7, 11) is 0. The Bertz CT molecular complexity index is 1010. The highest BCUT2D eigenvalue weighted by Crippen LogP contribution is 2.48. The van der Waals surface area contributed by atoms with Crippen molar-refractivity contribution < 1.29 is 9.47 Å². The largest absolute Gasteiger partial charge is 0.485 e. The van der Waals surface area contributed by atoms with E-state index in [0.29, 0.717) is 13.2 Å². The van der Waals surface area contributed by atoms with Crippen molar-refractivity contribution in [2.24, 2.45) is 0 Å². The second kappa shape index (κ2) is 4.59. The molecule has 5 rings (SSSR count). The average molecular weight is 328 g/mol. The van der Waals surface area contributed by atoms with Crippen molar-refractivity contribution in [1.82, 2.24) is 18.7 Å². The van der Waals surface area contributed by atoms with Crippen LogP contribution in [0.3, 0.4) is 0 Å². The predicted molar refractivity (Wildman–Crippen MR) is 84.8 cm³/mol. The Morgan fingerprint density at radius 1 is 0.955 bits per heavy atom. The van der Waals surface area contributed by atoms with Gasteiger partial charge in [0.1, 0.15) is 24.2 Å². The van der Waals surface area contributed by atoms with E-state index in [2.05, 4.69) is 18.7 Å². The van der Waals surface area contributed by atoms with Crippen molar-refractivity contribution in [3.8, 4) is 21.9 Å². The molecule has 0 amide bonds. The first-order chi connectivity index (χ1) is 10.9. The Balaban J connectivity index is 1.92. The SMILES string of the molecule is c1cnc2c(-c3scc4c3OCCO4)c3nsnc3cc2n1. The van der Waals surface area contributed by atoms with Crippen LogP contribution in [-0.2, 0) is 0 Å². The number of ether oxygens (including phenoxy) is 2. The van der Waals surface area contributed by atoms with Crippen LogP contribution < -0.4 is 9.47 Å². The molecule has 0 bridgehead atoms. The number of benzene rings is 1. The van der Waals surface area contributed by atoms with Crippen molar-refractivity contribution in [3.05, 3.63) is 23.8 Å². The lowest BCUT2D eigenvalue weighted by atomic mass is 10.1. The zero-order chi connectivity index (χ0) is 14.5. The summed E-state index contributed by atoms with van der Waals surface area (Å²) in [5, 5.41) is 1.96. The van der Waals surface area contributed by atoms with Crippen molar-refractivity contribution in [1.29, 1.82) is 0 Å². The van der Waals surface area contributed by atoms with E-state index in [0.717, 1.165) is 44.0 Å². The van der Waals surface area contributed by atoms with Crippen LogP contribution in [0.5, 0.6) is 11.5 Å². The summed E-state index contributed by atoms with van der Waals surface area (Å²) < 4.78 is 20.3. The lowest BCUT2D eigenvalue weighted by Gasteiger charge is -2.16. The molecule has 1 aliphatic heterocycles. The minimum atomic E-state index is 0.547. The Hall–Kier alpha value is -2.32. The standard InChI is InChI=1S/C14H8N4O2S2/c1-2-16-11-7(15-1)5-8-12(18-22-17-8)10(11)14-13-9(6-21-14)19-3-4-20-13/h1-2,5-6H,3-4H2. The lowest BCUT2D eigenvalue weighted by Crippen LogP contribution is -2.14. The molecule has 0 fully saturated rings. The van der Waals surface area contributed by atoms with Crippen LogP contribution in [0.4, 0.5) is 0 Å². The molecule has 108 valence electrons. The highest BCUT2D eigenvalue weighted by molar-refractivity contribution is 7.14. The van der Waals surface area contributed by atoms with E-state index in [9.17, 15) is 0 Å². The third kappa shape index (κ3) is 1.65. The molecule has 0 radical (unpaired) electrons. The first-order valence-corrected chi connectivity index (χ1v) is 8.26. The Morgan fingerprint density at radius 3 is 2.86 bits per heavy atom. The Labute approximate surface area is 132 Å². The first-order valence-electron chi connectivity index (χ1n) is 6.65. The fourth-order valence-corrected chi connectivity index (χ4v) is 4.11. The molecule has 0 N–H and O–H groups in total. The van der Waals surface area contributed by atoms with Crippen LogP contribution in [0, 0.1) is 0 Å². The maximum atomic E-state index is 5.82. The number of hydrogen-bond acceptors (Lipinski definition) is 8. The van der Waals surface area contributed by atoms with E-state index in [1.165, 1.54) is 11.7 Å². The summed E-state index contributed by atoms with van der Waals surface area (Å²) in [5.41, 5.74) is 4.19. The smallest absolute Gasteiger partial charge is 0.180 e. The van der Waals surface area contributed by atoms with Crippen LogP contribution in [-0.4, -0.2) is 31.9 Å². The molecule has 0 spiro atoms. The highest BCUT2D eigenvalue weighted by Gasteiger charge is 2.24. The molecule has 0 saturated heterocycles. The zero-order valence-corrected chi connectivity index (χ0v) is 12.8. The minimum absolute atomic E-state index is 0.547. The number of hydrogen-bond donors (Lipinski definition) is 0. The van der Waals surface area contributed by atoms with Crippen molar-refractivity contribution in [3.63, 3.8) is 0 Å². The quantitative estimate of drug-likeness (QED) is 0.535. The highest BCUT2D eigenvalue weighted by atomic mass is 32.1. The summed E-state index contributed by atoms with van der Waals surface area (Å²) >= 11 is 2.76. The summed E-state index contributed by atoms with van der Waals surface area (Å²) in [6, 6.07) is 1.92. The van der Waals surface area contributed by atoms with Gasteiger partial charge in [0, 0.05) is 17.8 Å². The summed E-state index contributed by atoms with van der Waals surface area (Å²) in [6.07, 6.45) is 3.37. The number of nitrogens with zero attached hydrogens (tertiary/aromatic N) is 4. The molecule has 8 heteroatoms. The second-order valence-electron chi connectivity index (χ2n) is 4.76. The van der Waals surface area contributed by atoms with E-state index in [1.807, 2.05) is 11.4 Å². The average Bonchev–Trinajstić information content (AvgIpc) is 3.19. The molecule has 0 aliphatic carbocycles. The maximum Gasteiger partial charge on any atom is 0.180 e. The van der Waals surface area contributed by atoms with E-state index >= 15 is 0 Å². The van der Waals surface area contributed by atoms with Gasteiger partial charge in [0.2, 0.25) is 0 Å². The van der Waals surface area contributed by atoms with Gasteiger partial charge in [-0.25, -0.2) is 0 Å². The molecular formula is C14H8N4O2S2. The van der Waals surface area contributed by atoms with Gasteiger partial charge in [-0.3, -0.25) is 9.97 Å². The molecule has 0 atom stereocenters. The van der Waals surface area contributed by atoms with Gasteiger partial charge >= 0.3 is 0 Å². The number of fused-ring (bicyclic) bond motifs is 3. The molecule has 4 aromatic rings. The number of aromatic nitrogens is 4. The second-order valence-corrected chi connectivity index (χ2v) is 6.17. The predicted octanol–water partition coefficient (Wildman–Crippen LogP) is 3.13. The van der Waals surface area contributed by atoms with Gasteiger partial charge in [0.25, 0.3) is 0 Å². The molecule has 6 nitrogen and oxygen atoms in total. The third-order valence-corrected chi connectivity index (χ3v) is 5.02. The van der Waals surface area contributed by atoms with E-state index in [-0.39, 0.29) is 0 Å². The molecule has 4 heterocycles. The minimum Gasteiger partial charge on any atom is -0.485 e. The molecule has 1 aliphatic rings. The fourth-order valence-electron chi connectivity index (χ4n) is 2.60. The normalized spacial score (nSPS) is 13.8. The fraction of sp³-hybridized carbons (Fsp3) is 0.143. The van der Waals surface area contributed by atoms with Crippen molar-refractivity contribution in [2.75, 3.05) is 13.2 Å². The molecule has 0 unspecified atom stereocenters. The van der Waals surface area contributed by atoms with Gasteiger partial charge in [0.15, 0.2) is 11.5 Å². The summed E-state index contributed by atoms with van der Waals surface area (Å²) in [6.45, 7) is 1.12. The molecular weight excluding hydrogens is 320 g/mol. The van der Waals surface area contributed by atoms with E-state index in [1.54, 1.807) is 23.7 Å².